The van der Waals surface area contributed by atoms with E-state index >= 15 is 0 Å². The molecular weight excluding hydrogens is 302 g/mol. The standard InChI is InChI=1S/C12H15BrClN3/c13-11-5-10(6-15-12(11)14)17-4-3-8-1-2-9(7-17)16-8/h5-6,8-9,16H,1-4,7H2/t8-,9+/m0/s1. The molecule has 2 aliphatic rings. The number of fused-ring (bicyclic) bond motifs is 2. The van der Waals surface area contributed by atoms with Crippen molar-refractivity contribution in [3.05, 3.63) is 21.9 Å². The number of aromatic nitrogens is 1. The summed E-state index contributed by atoms with van der Waals surface area (Å²) in [4.78, 5) is 6.61. The Morgan fingerprint density at radius 2 is 2.18 bits per heavy atom. The first kappa shape index (κ1) is 11.8. The summed E-state index contributed by atoms with van der Waals surface area (Å²) in [7, 11) is 0. The summed E-state index contributed by atoms with van der Waals surface area (Å²) >= 11 is 9.36. The van der Waals surface area contributed by atoms with Crippen LogP contribution < -0.4 is 10.2 Å². The molecule has 2 bridgehead atoms. The number of rotatable bonds is 1. The minimum Gasteiger partial charge on any atom is -0.369 e. The Kier molecular flexibility index (Phi) is 3.28. The molecular formula is C12H15BrClN3. The van der Waals surface area contributed by atoms with Crippen LogP contribution in [0, 0.1) is 0 Å². The average molecular weight is 317 g/mol. The lowest BCUT2D eigenvalue weighted by molar-refractivity contribution is 0.563. The van der Waals surface area contributed by atoms with E-state index in [-0.39, 0.29) is 0 Å². The van der Waals surface area contributed by atoms with Crippen molar-refractivity contribution < 1.29 is 0 Å². The Labute approximate surface area is 115 Å². The van der Waals surface area contributed by atoms with Crippen molar-refractivity contribution >= 4 is 33.2 Å². The van der Waals surface area contributed by atoms with Gasteiger partial charge in [0.15, 0.2) is 0 Å². The van der Waals surface area contributed by atoms with Crippen LogP contribution in [0.4, 0.5) is 5.69 Å². The molecule has 0 spiro atoms. The summed E-state index contributed by atoms with van der Waals surface area (Å²) in [5.74, 6) is 0. The van der Waals surface area contributed by atoms with Crippen LogP contribution in [0.3, 0.4) is 0 Å². The lowest BCUT2D eigenvalue weighted by atomic mass is 10.1. The second-order valence-corrected chi connectivity index (χ2v) is 6.05. The maximum Gasteiger partial charge on any atom is 0.143 e. The number of pyridine rings is 1. The zero-order valence-corrected chi connectivity index (χ0v) is 11.8. The molecule has 1 aromatic rings. The fraction of sp³-hybridized carbons (Fsp3) is 0.583. The molecule has 2 atom stereocenters. The van der Waals surface area contributed by atoms with Crippen molar-refractivity contribution in [2.45, 2.75) is 31.3 Å². The molecule has 3 heterocycles. The first-order valence-corrected chi connectivity index (χ1v) is 7.21. The fourth-order valence-corrected chi connectivity index (χ4v) is 3.20. The summed E-state index contributed by atoms with van der Waals surface area (Å²) in [6.07, 6.45) is 5.72. The van der Waals surface area contributed by atoms with Gasteiger partial charge in [-0.2, -0.15) is 0 Å². The first-order chi connectivity index (χ1) is 8.22. The van der Waals surface area contributed by atoms with Crippen LogP contribution >= 0.6 is 27.5 Å². The second kappa shape index (κ2) is 4.75. The van der Waals surface area contributed by atoms with Gasteiger partial charge in [-0.1, -0.05) is 11.6 Å². The predicted molar refractivity (Wildman–Crippen MR) is 73.7 cm³/mol. The average Bonchev–Trinajstić information content (AvgIpc) is 2.63. The van der Waals surface area contributed by atoms with E-state index in [4.69, 9.17) is 11.6 Å². The highest BCUT2D eigenvalue weighted by Crippen LogP contribution is 2.28. The molecule has 2 fully saturated rings. The molecule has 3 nitrogen and oxygen atoms in total. The molecule has 0 radical (unpaired) electrons. The smallest absolute Gasteiger partial charge is 0.143 e. The largest absolute Gasteiger partial charge is 0.369 e. The SMILES string of the molecule is Clc1ncc(N2CC[C@@H]3CC[C@H](C2)N3)cc1Br. The summed E-state index contributed by atoms with van der Waals surface area (Å²) in [6, 6.07) is 3.42. The minimum absolute atomic E-state index is 0.531. The molecule has 3 rings (SSSR count). The lowest BCUT2D eigenvalue weighted by Crippen LogP contribution is -2.35. The van der Waals surface area contributed by atoms with Crippen molar-refractivity contribution in [1.82, 2.24) is 10.3 Å². The normalized spacial score (nSPS) is 28.2. The molecule has 1 aromatic heterocycles. The van der Waals surface area contributed by atoms with Gasteiger partial charge in [-0.25, -0.2) is 4.98 Å². The maximum absolute atomic E-state index is 5.93. The van der Waals surface area contributed by atoms with Crippen LogP contribution in [0.1, 0.15) is 19.3 Å². The van der Waals surface area contributed by atoms with E-state index in [1.165, 1.54) is 19.3 Å². The monoisotopic (exact) mass is 315 g/mol. The molecule has 0 saturated carbocycles. The highest BCUT2D eigenvalue weighted by atomic mass is 79.9. The van der Waals surface area contributed by atoms with E-state index in [9.17, 15) is 0 Å². The third-order valence-electron chi connectivity index (χ3n) is 3.67. The molecule has 1 N–H and O–H groups in total. The Morgan fingerprint density at radius 1 is 1.35 bits per heavy atom. The van der Waals surface area contributed by atoms with Crippen LogP contribution in [-0.2, 0) is 0 Å². The van der Waals surface area contributed by atoms with Crippen molar-refractivity contribution in [2.75, 3.05) is 18.0 Å². The third kappa shape index (κ3) is 2.44. The van der Waals surface area contributed by atoms with Gasteiger partial charge in [0.1, 0.15) is 5.15 Å². The second-order valence-electron chi connectivity index (χ2n) is 4.84. The van der Waals surface area contributed by atoms with Gasteiger partial charge in [-0.3, -0.25) is 0 Å². The Hall–Kier alpha value is -0.320. The molecule has 0 aromatic carbocycles. The number of hydrogen-bond acceptors (Lipinski definition) is 3. The minimum atomic E-state index is 0.531. The van der Waals surface area contributed by atoms with E-state index in [1.807, 2.05) is 6.20 Å². The number of nitrogens with one attached hydrogen (secondary N) is 1. The van der Waals surface area contributed by atoms with Crippen LogP contribution in [0.5, 0.6) is 0 Å². The Morgan fingerprint density at radius 3 is 3.00 bits per heavy atom. The van der Waals surface area contributed by atoms with Crippen molar-refractivity contribution in [2.24, 2.45) is 0 Å². The van der Waals surface area contributed by atoms with Gasteiger partial charge >= 0.3 is 0 Å². The fourth-order valence-electron chi connectivity index (χ4n) is 2.76. The molecule has 0 aliphatic carbocycles. The highest BCUT2D eigenvalue weighted by molar-refractivity contribution is 9.10. The van der Waals surface area contributed by atoms with Crippen LogP contribution in [0.2, 0.25) is 5.15 Å². The zero-order chi connectivity index (χ0) is 11.8. The van der Waals surface area contributed by atoms with Crippen LogP contribution in [-0.4, -0.2) is 30.2 Å². The van der Waals surface area contributed by atoms with Crippen molar-refractivity contribution in [1.29, 1.82) is 0 Å². The van der Waals surface area contributed by atoms with Gasteiger partial charge in [0.25, 0.3) is 0 Å². The molecule has 92 valence electrons. The topological polar surface area (TPSA) is 28.2 Å². The molecule has 2 saturated heterocycles. The Bertz CT molecular complexity index is 426. The quantitative estimate of drug-likeness (QED) is 0.808. The van der Waals surface area contributed by atoms with E-state index in [0.717, 1.165) is 23.2 Å². The van der Waals surface area contributed by atoms with Gasteiger partial charge in [-0.05, 0) is 41.3 Å². The van der Waals surface area contributed by atoms with E-state index < -0.39 is 0 Å². The molecule has 5 heteroatoms. The number of halogens is 2. The number of nitrogens with zero attached hydrogens (tertiary/aromatic N) is 2. The summed E-state index contributed by atoms with van der Waals surface area (Å²) in [5.41, 5.74) is 1.16. The third-order valence-corrected chi connectivity index (χ3v) is 4.80. The summed E-state index contributed by atoms with van der Waals surface area (Å²) < 4.78 is 0.874. The highest BCUT2D eigenvalue weighted by Gasteiger charge is 2.29. The van der Waals surface area contributed by atoms with Gasteiger partial charge in [0.2, 0.25) is 0 Å². The predicted octanol–water partition coefficient (Wildman–Crippen LogP) is 2.83. The van der Waals surface area contributed by atoms with E-state index in [1.54, 1.807) is 0 Å². The molecule has 17 heavy (non-hydrogen) atoms. The van der Waals surface area contributed by atoms with E-state index in [2.05, 4.69) is 37.2 Å². The van der Waals surface area contributed by atoms with Crippen molar-refractivity contribution in [3.63, 3.8) is 0 Å². The van der Waals surface area contributed by atoms with Gasteiger partial charge in [0.05, 0.1) is 16.4 Å². The number of anilines is 1. The molecule has 2 aliphatic heterocycles. The summed E-state index contributed by atoms with van der Waals surface area (Å²) in [6.45, 7) is 2.18. The Balaban J connectivity index is 1.81. The zero-order valence-electron chi connectivity index (χ0n) is 9.50. The molecule has 0 amide bonds. The van der Waals surface area contributed by atoms with Crippen LogP contribution in [0.15, 0.2) is 16.7 Å². The van der Waals surface area contributed by atoms with Gasteiger partial charge < -0.3 is 10.2 Å². The van der Waals surface area contributed by atoms with Gasteiger partial charge in [0, 0.05) is 25.2 Å². The van der Waals surface area contributed by atoms with Crippen LogP contribution in [0.25, 0.3) is 0 Å². The van der Waals surface area contributed by atoms with E-state index in [0.29, 0.717) is 17.2 Å². The first-order valence-electron chi connectivity index (χ1n) is 6.04. The molecule has 0 unspecified atom stereocenters. The van der Waals surface area contributed by atoms with Gasteiger partial charge in [-0.15, -0.1) is 0 Å². The van der Waals surface area contributed by atoms with Crippen molar-refractivity contribution in [3.8, 4) is 0 Å². The number of hydrogen-bond donors (Lipinski definition) is 1. The lowest BCUT2D eigenvalue weighted by Gasteiger charge is -2.26. The summed E-state index contributed by atoms with van der Waals surface area (Å²) in [5, 5.41) is 4.21. The maximum atomic E-state index is 5.93.